The lowest BCUT2D eigenvalue weighted by Crippen LogP contribution is -2.35. The molecule has 3 aromatic rings. The molecule has 0 aliphatic carbocycles. The van der Waals surface area contributed by atoms with Gasteiger partial charge in [-0.25, -0.2) is 0 Å². The van der Waals surface area contributed by atoms with Crippen LogP contribution in [-0.2, 0) is 13.1 Å². The zero-order chi connectivity index (χ0) is 20.1. The van der Waals surface area contributed by atoms with Crippen molar-refractivity contribution in [1.82, 2.24) is 25.0 Å². The number of nitrogens with zero attached hydrogens (tertiary/aromatic N) is 4. The molecule has 1 unspecified atom stereocenters. The van der Waals surface area contributed by atoms with Crippen molar-refractivity contribution in [2.45, 2.75) is 31.8 Å². The summed E-state index contributed by atoms with van der Waals surface area (Å²) in [6, 6.07) is 14.2. The molecule has 0 spiro atoms. The summed E-state index contributed by atoms with van der Waals surface area (Å²) in [4.78, 5) is 21.4. The van der Waals surface area contributed by atoms with Crippen molar-refractivity contribution in [2.24, 2.45) is 0 Å². The van der Waals surface area contributed by atoms with Crippen molar-refractivity contribution >= 4 is 5.91 Å². The Balaban J connectivity index is 1.44. The normalized spacial score (nSPS) is 17.2. The zero-order valence-corrected chi connectivity index (χ0v) is 16.8. The molecule has 0 bridgehead atoms. The number of likely N-dealkylation sites (tertiary alicyclic amines) is 1. The van der Waals surface area contributed by atoms with E-state index in [1.54, 1.807) is 11.1 Å². The highest BCUT2D eigenvalue weighted by atomic mass is 16.2. The van der Waals surface area contributed by atoms with E-state index < -0.39 is 0 Å². The largest absolute Gasteiger partial charge is 0.337 e. The summed E-state index contributed by atoms with van der Waals surface area (Å²) in [7, 11) is 1.85. The molecular formula is C23H27N5O. The number of amides is 1. The fourth-order valence-corrected chi connectivity index (χ4v) is 4.09. The van der Waals surface area contributed by atoms with Gasteiger partial charge in [-0.15, -0.1) is 0 Å². The molecule has 1 N–H and O–H groups in total. The van der Waals surface area contributed by atoms with Crippen molar-refractivity contribution in [3.8, 4) is 0 Å². The second-order valence-corrected chi connectivity index (χ2v) is 7.77. The number of hydrogen-bond donors (Lipinski definition) is 1. The van der Waals surface area contributed by atoms with Gasteiger partial charge in [-0.3, -0.25) is 19.8 Å². The zero-order valence-electron chi connectivity index (χ0n) is 16.8. The number of carbonyl (C=O) groups is 1. The van der Waals surface area contributed by atoms with Crippen molar-refractivity contribution in [1.29, 1.82) is 0 Å². The molecule has 1 amide bonds. The Morgan fingerprint density at radius 1 is 1.17 bits per heavy atom. The maximum atomic E-state index is 13.1. The van der Waals surface area contributed by atoms with Gasteiger partial charge in [0, 0.05) is 45.0 Å². The van der Waals surface area contributed by atoms with Gasteiger partial charge in [0.2, 0.25) is 0 Å². The SMILES string of the molecule is CN(Cc1ccccc1)C(=O)c1cn[nH]c1C1CCCN(Cc2ccncc2)C1. The molecule has 0 saturated carbocycles. The highest BCUT2D eigenvalue weighted by Crippen LogP contribution is 2.29. The van der Waals surface area contributed by atoms with Gasteiger partial charge in [0.1, 0.15) is 0 Å². The summed E-state index contributed by atoms with van der Waals surface area (Å²) in [6.07, 6.45) is 7.54. The number of aromatic nitrogens is 3. The molecule has 6 nitrogen and oxygen atoms in total. The Morgan fingerprint density at radius 2 is 1.97 bits per heavy atom. The van der Waals surface area contributed by atoms with Crippen LogP contribution in [0.25, 0.3) is 0 Å². The van der Waals surface area contributed by atoms with Crippen molar-refractivity contribution in [2.75, 3.05) is 20.1 Å². The summed E-state index contributed by atoms with van der Waals surface area (Å²) in [5.41, 5.74) is 4.05. The van der Waals surface area contributed by atoms with Crippen LogP contribution < -0.4 is 0 Å². The number of piperidine rings is 1. The molecule has 1 aromatic carbocycles. The minimum atomic E-state index is 0.0175. The molecule has 1 atom stereocenters. The number of carbonyl (C=O) groups excluding carboxylic acids is 1. The molecule has 6 heteroatoms. The fraction of sp³-hybridized carbons (Fsp3) is 0.348. The van der Waals surface area contributed by atoms with E-state index in [-0.39, 0.29) is 11.8 Å². The van der Waals surface area contributed by atoms with Gasteiger partial charge in [0.15, 0.2) is 0 Å². The van der Waals surface area contributed by atoms with Crippen molar-refractivity contribution in [3.05, 3.63) is 83.4 Å². The number of nitrogens with one attached hydrogen (secondary N) is 1. The van der Waals surface area contributed by atoms with Gasteiger partial charge < -0.3 is 4.90 Å². The first kappa shape index (κ1) is 19.3. The van der Waals surface area contributed by atoms with Gasteiger partial charge in [-0.1, -0.05) is 30.3 Å². The Labute approximate surface area is 171 Å². The first-order valence-electron chi connectivity index (χ1n) is 10.1. The predicted molar refractivity (Wildman–Crippen MR) is 112 cm³/mol. The summed E-state index contributed by atoms with van der Waals surface area (Å²) in [5, 5.41) is 7.34. The fourth-order valence-electron chi connectivity index (χ4n) is 4.09. The van der Waals surface area contributed by atoms with Crippen LogP contribution >= 0.6 is 0 Å². The van der Waals surface area contributed by atoms with E-state index in [2.05, 4.69) is 32.2 Å². The van der Waals surface area contributed by atoms with Crippen LogP contribution in [0.2, 0.25) is 0 Å². The van der Waals surface area contributed by atoms with Gasteiger partial charge in [0.25, 0.3) is 5.91 Å². The maximum absolute atomic E-state index is 13.1. The van der Waals surface area contributed by atoms with Crippen LogP contribution in [0.4, 0.5) is 0 Å². The smallest absolute Gasteiger partial charge is 0.257 e. The summed E-state index contributed by atoms with van der Waals surface area (Å²) in [5.74, 6) is 0.307. The number of H-pyrrole nitrogens is 1. The highest BCUT2D eigenvalue weighted by Gasteiger charge is 2.28. The maximum Gasteiger partial charge on any atom is 0.257 e. The number of rotatable bonds is 6. The summed E-state index contributed by atoms with van der Waals surface area (Å²) < 4.78 is 0. The van der Waals surface area contributed by atoms with E-state index in [0.717, 1.165) is 43.7 Å². The first-order valence-corrected chi connectivity index (χ1v) is 10.1. The Bertz CT molecular complexity index is 925. The number of benzene rings is 1. The predicted octanol–water partition coefficient (Wildman–Crippen LogP) is 3.46. The minimum Gasteiger partial charge on any atom is -0.337 e. The number of hydrogen-bond acceptors (Lipinski definition) is 4. The topological polar surface area (TPSA) is 65.1 Å². The van der Waals surface area contributed by atoms with Crippen molar-refractivity contribution < 1.29 is 4.79 Å². The van der Waals surface area contributed by atoms with Crippen LogP contribution in [0.5, 0.6) is 0 Å². The minimum absolute atomic E-state index is 0.0175. The third-order valence-electron chi connectivity index (χ3n) is 5.58. The van der Waals surface area contributed by atoms with Gasteiger partial charge in [-0.2, -0.15) is 5.10 Å². The standard InChI is InChI=1S/C23H27N5O/c1-27(15-18-6-3-2-4-7-18)23(29)21-14-25-26-22(21)20-8-5-13-28(17-20)16-19-9-11-24-12-10-19/h2-4,6-7,9-12,14,20H,5,8,13,15-17H2,1H3,(H,25,26). The van der Waals surface area contributed by atoms with E-state index in [9.17, 15) is 4.79 Å². The van der Waals surface area contributed by atoms with Crippen LogP contribution in [0.3, 0.4) is 0 Å². The Kier molecular flexibility index (Phi) is 6.00. The molecule has 4 rings (SSSR count). The molecular weight excluding hydrogens is 362 g/mol. The average Bonchev–Trinajstić information content (AvgIpc) is 3.25. The quantitative estimate of drug-likeness (QED) is 0.701. The van der Waals surface area contributed by atoms with E-state index in [4.69, 9.17) is 0 Å². The first-order chi connectivity index (χ1) is 14.2. The molecule has 3 heterocycles. The average molecular weight is 390 g/mol. The second kappa shape index (κ2) is 9.01. The second-order valence-electron chi connectivity index (χ2n) is 7.77. The summed E-state index contributed by atoms with van der Waals surface area (Å²) in [6.45, 7) is 3.49. The van der Waals surface area contributed by atoms with Crippen molar-refractivity contribution in [3.63, 3.8) is 0 Å². The molecule has 2 aromatic heterocycles. The molecule has 1 saturated heterocycles. The molecule has 150 valence electrons. The Morgan fingerprint density at radius 3 is 2.76 bits per heavy atom. The third kappa shape index (κ3) is 4.71. The van der Waals surface area contributed by atoms with Crippen LogP contribution in [-0.4, -0.2) is 51.0 Å². The van der Waals surface area contributed by atoms with Gasteiger partial charge in [0.05, 0.1) is 17.5 Å². The lowest BCUT2D eigenvalue weighted by molar-refractivity contribution is 0.0782. The number of pyridine rings is 1. The molecule has 29 heavy (non-hydrogen) atoms. The van der Waals surface area contributed by atoms with Crippen LogP contribution in [0.15, 0.2) is 61.1 Å². The molecule has 1 aliphatic heterocycles. The highest BCUT2D eigenvalue weighted by molar-refractivity contribution is 5.95. The van der Waals surface area contributed by atoms with Gasteiger partial charge >= 0.3 is 0 Å². The Hall–Kier alpha value is -2.99. The third-order valence-corrected chi connectivity index (χ3v) is 5.58. The van der Waals surface area contributed by atoms with Crippen LogP contribution in [0.1, 0.15) is 45.9 Å². The lowest BCUT2D eigenvalue weighted by Gasteiger charge is -2.32. The molecule has 0 radical (unpaired) electrons. The van der Waals surface area contributed by atoms with Gasteiger partial charge in [-0.05, 0) is 42.6 Å². The monoisotopic (exact) mass is 389 g/mol. The lowest BCUT2D eigenvalue weighted by atomic mass is 9.92. The molecule has 1 fully saturated rings. The van der Waals surface area contributed by atoms with E-state index >= 15 is 0 Å². The summed E-state index contributed by atoms with van der Waals surface area (Å²) >= 11 is 0. The van der Waals surface area contributed by atoms with E-state index in [1.165, 1.54) is 5.56 Å². The van der Waals surface area contributed by atoms with E-state index in [0.29, 0.717) is 12.1 Å². The molecule has 1 aliphatic rings. The van der Waals surface area contributed by atoms with Crippen LogP contribution in [0, 0.1) is 0 Å². The number of aromatic amines is 1. The van der Waals surface area contributed by atoms with E-state index in [1.807, 2.05) is 49.8 Å².